The molecule has 1 aliphatic heterocycles. The number of rotatable bonds is 3. The maximum atomic E-state index is 12.6. The predicted molar refractivity (Wildman–Crippen MR) is 87.8 cm³/mol. The van der Waals surface area contributed by atoms with Crippen LogP contribution in [0.25, 0.3) is 11.0 Å². The Morgan fingerprint density at radius 2 is 1.96 bits per heavy atom. The van der Waals surface area contributed by atoms with E-state index in [4.69, 9.17) is 0 Å². The molecular weight excluding hydrogens is 316 g/mol. The molecular formula is C15H20N4O3S. The monoisotopic (exact) mass is 336 g/mol. The van der Waals surface area contributed by atoms with E-state index in [0.717, 1.165) is 23.3 Å². The second-order valence-corrected chi connectivity index (χ2v) is 7.71. The van der Waals surface area contributed by atoms with Crippen LogP contribution in [0.4, 0.5) is 0 Å². The van der Waals surface area contributed by atoms with Crippen LogP contribution in [0.2, 0.25) is 0 Å². The number of hydrogen-bond acceptors (Lipinski definition) is 4. The number of amides is 1. The summed E-state index contributed by atoms with van der Waals surface area (Å²) in [4.78, 5) is 21.9. The Hall–Kier alpha value is -1.93. The summed E-state index contributed by atoms with van der Waals surface area (Å²) in [5.74, 6) is 0.819. The van der Waals surface area contributed by atoms with E-state index in [0.29, 0.717) is 31.7 Å². The Bertz CT molecular complexity index is 836. The topological polar surface area (TPSA) is 86.4 Å². The molecule has 7 nitrogen and oxygen atoms in total. The Labute approximate surface area is 135 Å². The van der Waals surface area contributed by atoms with Gasteiger partial charge in [-0.1, -0.05) is 6.92 Å². The number of hydrogen-bond donors (Lipinski definition) is 1. The van der Waals surface area contributed by atoms with Crippen molar-refractivity contribution in [2.24, 2.45) is 0 Å². The molecule has 1 amide bonds. The molecule has 2 aromatic rings. The van der Waals surface area contributed by atoms with Crippen LogP contribution in [0.1, 0.15) is 23.1 Å². The smallest absolute Gasteiger partial charge is 0.254 e. The quantitative estimate of drug-likeness (QED) is 0.900. The molecule has 1 fully saturated rings. The Balaban J connectivity index is 1.76. The first kappa shape index (κ1) is 15.9. The Kier molecular flexibility index (Phi) is 4.11. The average Bonchev–Trinajstić information content (AvgIpc) is 2.95. The van der Waals surface area contributed by atoms with Crippen LogP contribution in [0.3, 0.4) is 0 Å². The van der Waals surface area contributed by atoms with Crippen LogP contribution in [-0.4, -0.2) is 65.9 Å². The lowest BCUT2D eigenvalue weighted by Crippen LogP contribution is -2.50. The lowest BCUT2D eigenvalue weighted by atomic mass is 10.1. The first-order valence-electron chi connectivity index (χ1n) is 7.61. The van der Waals surface area contributed by atoms with E-state index >= 15 is 0 Å². The third-order valence-corrected chi connectivity index (χ3v) is 5.41. The first-order valence-corrected chi connectivity index (χ1v) is 9.46. The van der Waals surface area contributed by atoms with Crippen LogP contribution in [0.15, 0.2) is 18.2 Å². The third kappa shape index (κ3) is 3.23. The number of H-pyrrole nitrogens is 1. The summed E-state index contributed by atoms with van der Waals surface area (Å²) in [6.45, 7) is 3.53. The van der Waals surface area contributed by atoms with Crippen molar-refractivity contribution in [1.29, 1.82) is 0 Å². The number of aromatic nitrogens is 2. The highest BCUT2D eigenvalue weighted by molar-refractivity contribution is 7.88. The zero-order valence-corrected chi connectivity index (χ0v) is 14.1. The van der Waals surface area contributed by atoms with Crippen LogP contribution in [0, 0.1) is 0 Å². The number of nitrogens with zero attached hydrogens (tertiary/aromatic N) is 3. The van der Waals surface area contributed by atoms with Gasteiger partial charge in [0.15, 0.2) is 0 Å². The third-order valence-electron chi connectivity index (χ3n) is 4.11. The summed E-state index contributed by atoms with van der Waals surface area (Å²) in [5, 5.41) is 0. The van der Waals surface area contributed by atoms with Crippen molar-refractivity contribution >= 4 is 27.0 Å². The summed E-state index contributed by atoms with van der Waals surface area (Å²) >= 11 is 0. The summed E-state index contributed by atoms with van der Waals surface area (Å²) in [6.07, 6.45) is 2.01. The fourth-order valence-corrected chi connectivity index (χ4v) is 3.59. The van der Waals surface area contributed by atoms with Gasteiger partial charge in [0.05, 0.1) is 17.3 Å². The standard InChI is InChI=1S/C15H20N4O3S/c1-3-14-16-12-5-4-11(10-13(12)17-14)15(20)18-6-8-19(9-7-18)23(2,21)22/h4-5,10H,3,6-9H2,1-2H3,(H,16,17). The van der Waals surface area contributed by atoms with E-state index < -0.39 is 10.0 Å². The minimum atomic E-state index is -3.19. The van der Waals surface area contributed by atoms with Gasteiger partial charge < -0.3 is 9.88 Å². The van der Waals surface area contributed by atoms with Gasteiger partial charge in [0.1, 0.15) is 5.82 Å². The lowest BCUT2D eigenvalue weighted by molar-refractivity contribution is 0.0698. The second-order valence-electron chi connectivity index (χ2n) is 5.72. The zero-order valence-electron chi connectivity index (χ0n) is 13.2. The molecule has 1 N–H and O–H groups in total. The van der Waals surface area contributed by atoms with Crippen LogP contribution in [-0.2, 0) is 16.4 Å². The van der Waals surface area contributed by atoms with E-state index in [-0.39, 0.29) is 5.91 Å². The molecule has 0 radical (unpaired) electrons. The summed E-state index contributed by atoms with van der Waals surface area (Å²) in [7, 11) is -3.19. The molecule has 0 saturated carbocycles. The number of fused-ring (bicyclic) bond motifs is 1. The minimum absolute atomic E-state index is 0.0762. The normalized spacial score (nSPS) is 16.9. The van der Waals surface area contributed by atoms with Gasteiger partial charge >= 0.3 is 0 Å². The number of carbonyl (C=O) groups excluding carboxylic acids is 1. The van der Waals surface area contributed by atoms with Gasteiger partial charge in [-0.2, -0.15) is 4.31 Å². The maximum absolute atomic E-state index is 12.6. The highest BCUT2D eigenvalue weighted by atomic mass is 32.2. The highest BCUT2D eigenvalue weighted by Gasteiger charge is 2.26. The van der Waals surface area contributed by atoms with E-state index in [2.05, 4.69) is 9.97 Å². The number of aromatic amines is 1. The number of sulfonamides is 1. The molecule has 3 rings (SSSR count). The summed E-state index contributed by atoms with van der Waals surface area (Å²) in [6, 6.07) is 5.42. The van der Waals surface area contributed by atoms with Crippen molar-refractivity contribution in [3.05, 3.63) is 29.6 Å². The van der Waals surface area contributed by atoms with Crippen LogP contribution in [0.5, 0.6) is 0 Å². The number of imidazole rings is 1. The predicted octanol–water partition coefficient (Wildman–Crippen LogP) is 0.843. The molecule has 1 aliphatic rings. The molecule has 1 aromatic heterocycles. The van der Waals surface area contributed by atoms with Gasteiger partial charge in [0.25, 0.3) is 5.91 Å². The largest absolute Gasteiger partial charge is 0.342 e. The van der Waals surface area contributed by atoms with Crippen molar-refractivity contribution in [3.8, 4) is 0 Å². The van der Waals surface area contributed by atoms with Crippen LogP contribution < -0.4 is 0 Å². The van der Waals surface area contributed by atoms with Crippen molar-refractivity contribution in [2.75, 3.05) is 32.4 Å². The van der Waals surface area contributed by atoms with E-state index in [1.54, 1.807) is 11.0 Å². The number of carbonyl (C=O) groups is 1. The zero-order chi connectivity index (χ0) is 16.6. The molecule has 0 unspecified atom stereocenters. The Morgan fingerprint density at radius 3 is 2.57 bits per heavy atom. The van der Waals surface area contributed by atoms with E-state index in [9.17, 15) is 13.2 Å². The first-order chi connectivity index (χ1) is 10.9. The molecule has 124 valence electrons. The minimum Gasteiger partial charge on any atom is -0.342 e. The van der Waals surface area contributed by atoms with Crippen molar-refractivity contribution < 1.29 is 13.2 Å². The number of piperazine rings is 1. The molecule has 0 atom stereocenters. The molecule has 2 heterocycles. The maximum Gasteiger partial charge on any atom is 0.254 e. The second kappa shape index (κ2) is 5.93. The Morgan fingerprint density at radius 1 is 1.26 bits per heavy atom. The molecule has 8 heteroatoms. The van der Waals surface area contributed by atoms with Gasteiger partial charge in [-0.25, -0.2) is 13.4 Å². The molecule has 1 aromatic carbocycles. The lowest BCUT2D eigenvalue weighted by Gasteiger charge is -2.33. The number of nitrogens with one attached hydrogen (secondary N) is 1. The van der Waals surface area contributed by atoms with Crippen molar-refractivity contribution in [3.63, 3.8) is 0 Å². The van der Waals surface area contributed by atoms with Gasteiger partial charge in [-0.05, 0) is 18.2 Å². The SMILES string of the molecule is CCc1nc2ccc(C(=O)N3CCN(S(C)(=O)=O)CC3)cc2[nH]1. The van der Waals surface area contributed by atoms with Gasteiger partial charge in [-0.15, -0.1) is 0 Å². The number of benzene rings is 1. The molecule has 0 spiro atoms. The average molecular weight is 336 g/mol. The van der Waals surface area contributed by atoms with Crippen molar-refractivity contribution in [1.82, 2.24) is 19.2 Å². The van der Waals surface area contributed by atoms with E-state index in [1.807, 2.05) is 19.1 Å². The highest BCUT2D eigenvalue weighted by Crippen LogP contribution is 2.17. The van der Waals surface area contributed by atoms with Crippen molar-refractivity contribution in [2.45, 2.75) is 13.3 Å². The number of aryl methyl sites for hydroxylation is 1. The molecule has 0 bridgehead atoms. The van der Waals surface area contributed by atoms with Gasteiger partial charge in [-0.3, -0.25) is 4.79 Å². The molecule has 0 aliphatic carbocycles. The summed E-state index contributed by atoms with van der Waals surface area (Å²) < 4.78 is 24.4. The fraction of sp³-hybridized carbons (Fsp3) is 0.467. The fourth-order valence-electron chi connectivity index (χ4n) is 2.77. The molecule has 1 saturated heterocycles. The van der Waals surface area contributed by atoms with Gasteiger partial charge in [0, 0.05) is 38.2 Å². The molecule has 23 heavy (non-hydrogen) atoms. The van der Waals surface area contributed by atoms with Crippen LogP contribution >= 0.6 is 0 Å². The summed E-state index contributed by atoms with van der Waals surface area (Å²) in [5.41, 5.74) is 2.29. The van der Waals surface area contributed by atoms with E-state index in [1.165, 1.54) is 10.6 Å². The van der Waals surface area contributed by atoms with Gasteiger partial charge in [0.2, 0.25) is 10.0 Å².